The van der Waals surface area contributed by atoms with Crippen LogP contribution in [0, 0.1) is 11.5 Å². The van der Waals surface area contributed by atoms with Crippen LogP contribution in [-0.2, 0) is 31.5 Å². The van der Waals surface area contributed by atoms with E-state index < -0.39 is 74.1 Å². The lowest BCUT2D eigenvalue weighted by atomic mass is 10.1. The summed E-state index contributed by atoms with van der Waals surface area (Å²) in [6.07, 6.45) is 1.65. The molecule has 0 fully saturated rings. The van der Waals surface area contributed by atoms with Crippen LogP contribution in [0.15, 0.2) is 66.0 Å². The number of rotatable bonds is 12. The first-order valence-corrected chi connectivity index (χ1v) is 35.6. The molecule has 19 heteroatoms. The Balaban J connectivity index is 1.29. The molecule has 4 amide bonds. The van der Waals surface area contributed by atoms with Gasteiger partial charge in [0.2, 0.25) is 0 Å². The number of carbonyl (C=O) groups excluding carboxylic acids is 4. The number of anilines is 2. The van der Waals surface area contributed by atoms with Gasteiger partial charge in [0.25, 0.3) is 11.8 Å². The van der Waals surface area contributed by atoms with E-state index in [0.29, 0.717) is 12.8 Å². The van der Waals surface area contributed by atoms with Gasteiger partial charge in [-0.15, -0.1) is 5.54 Å². The molecule has 4 aliphatic heterocycles. The Morgan fingerprint density at radius 3 is 1.29 bits per heavy atom. The van der Waals surface area contributed by atoms with Gasteiger partial charge in [-0.2, -0.15) is 0 Å². The summed E-state index contributed by atoms with van der Waals surface area (Å²) >= 11 is 0. The zero-order valence-electron chi connectivity index (χ0n) is 51.2. The molecule has 0 bridgehead atoms. The third-order valence-electron chi connectivity index (χ3n) is 14.4. The lowest BCUT2D eigenvalue weighted by Gasteiger charge is -2.40. The summed E-state index contributed by atoms with van der Waals surface area (Å²) in [6.45, 7) is 38.4. The molecule has 3 aromatic rings. The first-order valence-electron chi connectivity index (χ1n) is 27.7. The highest BCUT2D eigenvalue weighted by molar-refractivity contribution is 6.83. The number of ether oxygens (including phenoxy) is 6. The van der Waals surface area contributed by atoms with E-state index >= 15 is 0 Å². The first kappa shape index (κ1) is 61.6. The molecular formula is C61H86N4O12Si3. The minimum atomic E-state index is -2.04. The van der Waals surface area contributed by atoms with Crippen molar-refractivity contribution in [1.29, 1.82) is 0 Å². The molecule has 0 spiro atoms. The number of benzene rings is 3. The van der Waals surface area contributed by atoms with E-state index in [9.17, 15) is 19.2 Å². The van der Waals surface area contributed by atoms with E-state index in [1.807, 2.05) is 86.0 Å². The molecule has 0 N–H and O–H groups in total. The normalized spacial score (nSPS) is 20.2. The molecule has 434 valence electrons. The van der Waals surface area contributed by atoms with Crippen molar-refractivity contribution < 1.29 is 56.5 Å². The van der Waals surface area contributed by atoms with Crippen molar-refractivity contribution in [3.05, 3.63) is 93.8 Å². The van der Waals surface area contributed by atoms with Gasteiger partial charge in [0.15, 0.2) is 53.5 Å². The lowest BCUT2D eigenvalue weighted by molar-refractivity contribution is 0.0374. The van der Waals surface area contributed by atoms with Crippen LogP contribution < -0.4 is 28.7 Å². The molecule has 4 aliphatic rings. The zero-order valence-corrected chi connectivity index (χ0v) is 54.5. The van der Waals surface area contributed by atoms with Crippen LogP contribution in [0.1, 0.15) is 147 Å². The smallest absolute Gasteiger partial charge is 0.417 e. The minimum Gasteiger partial charge on any atom is -0.493 e. The van der Waals surface area contributed by atoms with E-state index in [1.54, 1.807) is 34.1 Å². The van der Waals surface area contributed by atoms with Crippen molar-refractivity contribution >= 4 is 61.5 Å². The molecule has 80 heavy (non-hydrogen) atoms. The molecule has 2 unspecified atom stereocenters. The van der Waals surface area contributed by atoms with Gasteiger partial charge in [-0.05, 0) is 133 Å². The largest absolute Gasteiger partial charge is 0.493 e. The first-order chi connectivity index (χ1) is 37.0. The molecule has 0 radical (unpaired) electrons. The van der Waals surface area contributed by atoms with Crippen LogP contribution in [-0.4, -0.2) is 110 Å². The van der Waals surface area contributed by atoms with Crippen molar-refractivity contribution in [2.45, 2.75) is 202 Å². The van der Waals surface area contributed by atoms with Gasteiger partial charge in [-0.1, -0.05) is 78.3 Å². The van der Waals surface area contributed by atoms with Crippen LogP contribution in [0.4, 0.5) is 21.0 Å². The summed E-state index contributed by atoms with van der Waals surface area (Å²) in [5, 5.41) is -0.349. The van der Waals surface area contributed by atoms with Crippen molar-refractivity contribution in [3.8, 4) is 34.5 Å². The topological polar surface area (TPSA) is 155 Å². The number of amides is 4. The standard InChI is InChI=1S/C61H86N4O12Si3/c1-37-24-46-54(76-78(17)60(9,10)11)64(56(68)74-58(3,4)5)44-31-50(48(70-15)29-42(44)52(66)62(46)33-37)72-35-40-26-39(22-23-80(19,20)21)27-41(28-40)36-73-51-32-45-43(30-49(51)71-16)53(67)63-34-38(2)25-47(63)55(77-79(18)61(12,13)14)65(45)57(69)75-59(6,7)8/h26-34,46-47,54-55,78-79H,24-25,35-36H2,1-21H3/t46-,47-,54-,55-,78?,79?/m0/s1. The van der Waals surface area contributed by atoms with E-state index in [4.69, 9.17) is 37.3 Å². The maximum Gasteiger partial charge on any atom is 0.417 e. The molecule has 0 aromatic heterocycles. The second-order valence-electron chi connectivity index (χ2n) is 26.8. The Labute approximate surface area is 479 Å². The summed E-state index contributed by atoms with van der Waals surface area (Å²) in [5.74, 6) is 3.95. The van der Waals surface area contributed by atoms with E-state index in [-0.39, 0.29) is 80.6 Å². The maximum atomic E-state index is 14.7. The van der Waals surface area contributed by atoms with Crippen LogP contribution in [0.25, 0.3) is 0 Å². The van der Waals surface area contributed by atoms with Crippen molar-refractivity contribution in [3.63, 3.8) is 0 Å². The van der Waals surface area contributed by atoms with E-state index in [0.717, 1.165) is 27.8 Å². The van der Waals surface area contributed by atoms with E-state index in [2.05, 4.69) is 85.7 Å². The number of fused-ring (bicyclic) bond motifs is 4. The Morgan fingerprint density at radius 1 is 0.588 bits per heavy atom. The summed E-state index contributed by atoms with van der Waals surface area (Å²) in [5.41, 5.74) is 6.98. The Kier molecular flexibility index (Phi) is 17.8. The van der Waals surface area contributed by atoms with Gasteiger partial charge in [0.05, 0.1) is 48.8 Å². The van der Waals surface area contributed by atoms with Crippen molar-refractivity contribution in [2.24, 2.45) is 0 Å². The molecule has 0 saturated heterocycles. The Hall–Kier alpha value is -6.05. The number of hydrogen-bond acceptors (Lipinski definition) is 12. The molecular weight excluding hydrogens is 1060 g/mol. The highest BCUT2D eigenvalue weighted by atomic mass is 28.3. The fraction of sp³-hybridized carbons (Fsp3) is 0.541. The molecule has 3 aromatic carbocycles. The van der Waals surface area contributed by atoms with Gasteiger partial charge in [-0.3, -0.25) is 9.59 Å². The van der Waals surface area contributed by atoms with Gasteiger partial charge in [-0.25, -0.2) is 19.4 Å². The molecule has 16 nitrogen and oxygen atoms in total. The summed E-state index contributed by atoms with van der Waals surface area (Å²) in [4.78, 5) is 65.2. The average molecular weight is 1150 g/mol. The quantitative estimate of drug-likeness (QED) is 0.125. The number of methoxy groups -OCH3 is 2. The third-order valence-corrected chi connectivity index (χ3v) is 21.5. The van der Waals surface area contributed by atoms with Crippen molar-refractivity contribution in [2.75, 3.05) is 24.0 Å². The van der Waals surface area contributed by atoms with Crippen molar-refractivity contribution in [1.82, 2.24) is 9.80 Å². The van der Waals surface area contributed by atoms with Crippen LogP contribution in [0.2, 0.25) is 42.8 Å². The summed E-state index contributed by atoms with van der Waals surface area (Å²) in [6, 6.07) is 11.5. The van der Waals surface area contributed by atoms with Crippen LogP contribution in [0.3, 0.4) is 0 Å². The molecule has 7 rings (SSSR count). The van der Waals surface area contributed by atoms with Crippen LogP contribution >= 0.6 is 0 Å². The summed E-state index contributed by atoms with van der Waals surface area (Å²) in [7, 11) is -2.92. The second-order valence-corrected chi connectivity index (χ2v) is 38.2. The number of hydrogen-bond donors (Lipinski definition) is 0. The summed E-state index contributed by atoms with van der Waals surface area (Å²) < 4.78 is 51.6. The van der Waals surface area contributed by atoms with Gasteiger partial charge in [0.1, 0.15) is 32.5 Å². The monoisotopic (exact) mass is 1150 g/mol. The Bertz CT molecular complexity index is 2840. The Morgan fingerprint density at radius 2 is 0.963 bits per heavy atom. The van der Waals surface area contributed by atoms with Gasteiger partial charge < -0.3 is 47.1 Å². The average Bonchev–Trinajstić information content (AvgIpc) is 3.98. The minimum absolute atomic E-state index is 0.0218. The molecule has 4 heterocycles. The zero-order chi connectivity index (χ0) is 59.4. The predicted molar refractivity (Wildman–Crippen MR) is 321 cm³/mol. The highest BCUT2D eigenvalue weighted by Crippen LogP contribution is 2.47. The lowest BCUT2D eigenvalue weighted by Crippen LogP contribution is -2.55. The number of nitrogens with zero attached hydrogens (tertiary/aromatic N) is 4. The molecule has 6 atom stereocenters. The second kappa shape index (κ2) is 23.1. The van der Waals surface area contributed by atoms with E-state index in [1.165, 1.54) is 24.0 Å². The SMILES string of the molecule is COc1cc2c(cc1OCc1cc(C#C[Si](C)(C)C)cc(COc3cc4c(cc3OC)C(=O)N3C=C(C)C[C@H]3[C@H](O[SiH](C)C(C)(C)C)N4C(=O)OC(C)(C)C)c1)N(C(=O)OC(C)(C)C)[C@@H](O[SiH](C)C(C)(C)C)[C@@H]1CC(C)=CN1C2=O. The predicted octanol–water partition coefficient (Wildman–Crippen LogP) is 12.8. The van der Waals surface area contributed by atoms with Gasteiger partial charge >= 0.3 is 12.2 Å². The number of carbonyl (C=O) groups is 4. The molecule has 0 saturated carbocycles. The maximum absolute atomic E-state index is 14.7. The third kappa shape index (κ3) is 14.2. The fourth-order valence-corrected chi connectivity index (χ4v) is 12.3. The van der Waals surface area contributed by atoms with Crippen LogP contribution in [0.5, 0.6) is 23.0 Å². The molecule has 0 aliphatic carbocycles. The van der Waals surface area contributed by atoms with Gasteiger partial charge in [0, 0.05) is 30.1 Å². The highest BCUT2D eigenvalue weighted by Gasteiger charge is 2.50. The fourth-order valence-electron chi connectivity index (χ4n) is 9.54.